The summed E-state index contributed by atoms with van der Waals surface area (Å²) in [6, 6.07) is 6.28. The van der Waals surface area contributed by atoms with Crippen LogP contribution in [-0.4, -0.2) is 12.0 Å². The second-order valence-electron chi connectivity index (χ2n) is 3.55. The van der Waals surface area contributed by atoms with Crippen LogP contribution in [0.4, 0.5) is 0 Å². The average Bonchev–Trinajstić information content (AvgIpc) is 2.74. The molecule has 1 unspecified atom stereocenters. The van der Waals surface area contributed by atoms with E-state index in [4.69, 9.17) is 4.42 Å². The molecule has 84 valence electrons. The molecule has 2 aromatic rings. The van der Waals surface area contributed by atoms with Crippen molar-refractivity contribution in [3.63, 3.8) is 0 Å². The normalized spacial score (nSPS) is 12.6. The van der Waals surface area contributed by atoms with Crippen molar-refractivity contribution in [3.8, 4) is 0 Å². The Bertz CT molecular complexity index is 441. The van der Waals surface area contributed by atoms with Crippen molar-refractivity contribution < 1.29 is 4.42 Å². The topological polar surface area (TPSA) is 38.1 Å². The van der Waals surface area contributed by atoms with E-state index in [2.05, 4.69) is 26.2 Å². The van der Waals surface area contributed by atoms with Gasteiger partial charge in [-0.3, -0.25) is 4.98 Å². The van der Waals surface area contributed by atoms with Crippen LogP contribution in [-0.2, 0) is 6.42 Å². The quantitative estimate of drug-likeness (QED) is 0.936. The Balaban J connectivity index is 2.16. The molecule has 0 aliphatic carbocycles. The molecule has 4 heteroatoms. The van der Waals surface area contributed by atoms with Gasteiger partial charge >= 0.3 is 0 Å². The molecule has 0 aliphatic rings. The number of nitrogens with one attached hydrogen (secondary N) is 1. The van der Waals surface area contributed by atoms with Gasteiger partial charge in [0.25, 0.3) is 0 Å². The lowest BCUT2D eigenvalue weighted by atomic mass is 10.0. The summed E-state index contributed by atoms with van der Waals surface area (Å²) in [5.74, 6) is 0. The van der Waals surface area contributed by atoms with Crippen molar-refractivity contribution in [2.45, 2.75) is 12.5 Å². The first-order chi connectivity index (χ1) is 7.81. The molecule has 1 atom stereocenters. The van der Waals surface area contributed by atoms with Gasteiger partial charge in [0.1, 0.15) is 0 Å². The summed E-state index contributed by atoms with van der Waals surface area (Å²) in [5, 5.41) is 3.28. The monoisotopic (exact) mass is 280 g/mol. The van der Waals surface area contributed by atoms with Gasteiger partial charge in [-0.05, 0) is 53.2 Å². The third-order valence-electron chi connectivity index (χ3n) is 2.56. The average molecular weight is 281 g/mol. The van der Waals surface area contributed by atoms with Gasteiger partial charge in [0, 0.05) is 24.0 Å². The molecule has 0 amide bonds. The smallest absolute Gasteiger partial charge is 0.173 e. The number of hydrogen-bond acceptors (Lipinski definition) is 3. The lowest BCUT2D eigenvalue weighted by Crippen LogP contribution is -2.18. The molecule has 2 rings (SSSR count). The van der Waals surface area contributed by atoms with Crippen molar-refractivity contribution in [3.05, 3.63) is 52.7 Å². The maximum Gasteiger partial charge on any atom is 0.173 e. The second kappa shape index (κ2) is 5.27. The summed E-state index contributed by atoms with van der Waals surface area (Å²) in [6.07, 6.45) is 6.23. The van der Waals surface area contributed by atoms with E-state index in [1.54, 1.807) is 6.26 Å². The minimum Gasteiger partial charge on any atom is -0.457 e. The van der Waals surface area contributed by atoms with E-state index < -0.39 is 0 Å². The summed E-state index contributed by atoms with van der Waals surface area (Å²) in [5.41, 5.74) is 2.39. The highest BCUT2D eigenvalue weighted by atomic mass is 79.9. The van der Waals surface area contributed by atoms with Crippen LogP contribution < -0.4 is 5.32 Å². The number of halogens is 1. The van der Waals surface area contributed by atoms with E-state index in [-0.39, 0.29) is 6.04 Å². The van der Waals surface area contributed by atoms with Crippen LogP contribution in [0.1, 0.15) is 17.2 Å². The minimum atomic E-state index is 0.246. The molecule has 0 spiro atoms. The molecule has 2 heterocycles. The minimum absolute atomic E-state index is 0.246. The predicted molar refractivity (Wildman–Crippen MR) is 66.1 cm³/mol. The first-order valence-corrected chi connectivity index (χ1v) is 5.89. The van der Waals surface area contributed by atoms with Gasteiger partial charge in [0.05, 0.1) is 6.26 Å². The maximum absolute atomic E-state index is 5.25. The predicted octanol–water partition coefficient (Wildman–Crippen LogP) is 2.94. The van der Waals surface area contributed by atoms with Gasteiger partial charge in [-0.1, -0.05) is 0 Å². The summed E-state index contributed by atoms with van der Waals surface area (Å²) in [7, 11) is 1.95. The molecule has 0 saturated carbocycles. The van der Waals surface area contributed by atoms with Crippen LogP contribution in [0.2, 0.25) is 0 Å². The summed E-state index contributed by atoms with van der Waals surface area (Å²) in [6.45, 7) is 0. The Morgan fingerprint density at radius 2 is 2.12 bits per heavy atom. The van der Waals surface area contributed by atoms with E-state index in [9.17, 15) is 0 Å². The van der Waals surface area contributed by atoms with Crippen LogP contribution in [0.5, 0.6) is 0 Å². The molecule has 2 aromatic heterocycles. The summed E-state index contributed by atoms with van der Waals surface area (Å²) >= 11 is 3.40. The zero-order chi connectivity index (χ0) is 11.4. The lowest BCUT2D eigenvalue weighted by molar-refractivity contribution is 0.518. The highest BCUT2D eigenvalue weighted by molar-refractivity contribution is 9.10. The molecular weight excluding hydrogens is 268 g/mol. The van der Waals surface area contributed by atoms with Gasteiger partial charge in [-0.2, -0.15) is 0 Å². The SMILES string of the molecule is CNC(Cc1ccncc1)c1ccoc1Br. The standard InChI is InChI=1S/C12H13BrN2O/c1-14-11(10-4-7-16-12(10)13)8-9-2-5-15-6-3-9/h2-7,11,14H,8H2,1H3. The number of nitrogens with zero attached hydrogens (tertiary/aromatic N) is 1. The van der Waals surface area contributed by atoms with Crippen LogP contribution in [0.15, 0.2) is 45.9 Å². The van der Waals surface area contributed by atoms with E-state index in [0.717, 1.165) is 16.7 Å². The van der Waals surface area contributed by atoms with Gasteiger partial charge in [0.2, 0.25) is 0 Å². The van der Waals surface area contributed by atoms with Crippen LogP contribution >= 0.6 is 15.9 Å². The molecule has 0 bridgehead atoms. The van der Waals surface area contributed by atoms with Crippen molar-refractivity contribution in [1.82, 2.24) is 10.3 Å². The molecule has 0 aromatic carbocycles. The Kier molecular flexibility index (Phi) is 3.74. The molecule has 0 aliphatic heterocycles. The van der Waals surface area contributed by atoms with Gasteiger partial charge in [-0.25, -0.2) is 0 Å². The largest absolute Gasteiger partial charge is 0.457 e. The van der Waals surface area contributed by atoms with Crippen molar-refractivity contribution >= 4 is 15.9 Å². The van der Waals surface area contributed by atoms with Crippen molar-refractivity contribution in [2.24, 2.45) is 0 Å². The lowest BCUT2D eigenvalue weighted by Gasteiger charge is -2.14. The molecule has 16 heavy (non-hydrogen) atoms. The fourth-order valence-corrected chi connectivity index (χ4v) is 2.19. The Morgan fingerprint density at radius 3 is 2.69 bits per heavy atom. The molecule has 3 nitrogen and oxygen atoms in total. The fourth-order valence-electron chi connectivity index (χ4n) is 1.68. The van der Waals surface area contributed by atoms with E-state index >= 15 is 0 Å². The third-order valence-corrected chi connectivity index (χ3v) is 3.20. The van der Waals surface area contributed by atoms with Crippen molar-refractivity contribution in [2.75, 3.05) is 7.05 Å². The van der Waals surface area contributed by atoms with Crippen LogP contribution in [0.25, 0.3) is 0 Å². The zero-order valence-electron chi connectivity index (χ0n) is 8.98. The van der Waals surface area contributed by atoms with Gasteiger partial charge in [0.15, 0.2) is 4.67 Å². The fraction of sp³-hybridized carbons (Fsp3) is 0.250. The van der Waals surface area contributed by atoms with E-state index in [0.29, 0.717) is 0 Å². The Hall–Kier alpha value is -1.13. The summed E-state index contributed by atoms with van der Waals surface area (Å²) < 4.78 is 6.04. The second-order valence-corrected chi connectivity index (χ2v) is 4.27. The first-order valence-electron chi connectivity index (χ1n) is 5.10. The van der Waals surface area contributed by atoms with E-state index in [1.807, 2.05) is 37.6 Å². The third kappa shape index (κ3) is 2.51. The highest BCUT2D eigenvalue weighted by Gasteiger charge is 2.15. The molecule has 1 N–H and O–H groups in total. The number of hydrogen-bond donors (Lipinski definition) is 1. The summed E-state index contributed by atoms with van der Waals surface area (Å²) in [4.78, 5) is 4.01. The van der Waals surface area contributed by atoms with Gasteiger partial charge < -0.3 is 9.73 Å². The number of pyridine rings is 1. The van der Waals surface area contributed by atoms with E-state index in [1.165, 1.54) is 5.56 Å². The van der Waals surface area contributed by atoms with Crippen molar-refractivity contribution in [1.29, 1.82) is 0 Å². The molecule has 0 saturated heterocycles. The molecule has 0 fully saturated rings. The van der Waals surface area contributed by atoms with Crippen LogP contribution in [0, 0.1) is 0 Å². The molecular formula is C12H13BrN2O. The maximum atomic E-state index is 5.25. The Labute approximate surface area is 103 Å². The zero-order valence-corrected chi connectivity index (χ0v) is 10.6. The molecule has 0 radical (unpaired) electrons. The highest BCUT2D eigenvalue weighted by Crippen LogP contribution is 2.26. The number of likely N-dealkylation sites (N-methyl/N-ethyl adjacent to an activating group) is 1. The number of aromatic nitrogens is 1. The first kappa shape index (κ1) is 11.4. The van der Waals surface area contributed by atoms with Gasteiger partial charge in [-0.15, -0.1) is 0 Å². The number of rotatable bonds is 4. The Morgan fingerprint density at radius 1 is 1.38 bits per heavy atom. The number of furan rings is 1. The van der Waals surface area contributed by atoms with Crippen LogP contribution in [0.3, 0.4) is 0 Å².